The quantitative estimate of drug-likeness (QED) is 0.847. The molecule has 1 N–H and O–H groups in total. The highest BCUT2D eigenvalue weighted by Crippen LogP contribution is 2.19. The Morgan fingerprint density at radius 1 is 1.06 bits per heavy atom. The van der Waals surface area contributed by atoms with Gasteiger partial charge < -0.3 is 5.32 Å². The lowest BCUT2D eigenvalue weighted by atomic mass is 9.90. The van der Waals surface area contributed by atoms with Crippen LogP contribution in [0.4, 0.5) is 8.78 Å². The third-order valence-corrected chi connectivity index (χ3v) is 3.66. The van der Waals surface area contributed by atoms with E-state index in [0.29, 0.717) is 6.42 Å². The lowest BCUT2D eigenvalue weighted by Crippen LogP contribution is -2.28. The van der Waals surface area contributed by atoms with Gasteiger partial charge in [-0.1, -0.05) is 24.3 Å². The summed E-state index contributed by atoms with van der Waals surface area (Å²) in [6.45, 7) is 2.24. The molecule has 0 bridgehead atoms. The van der Waals surface area contributed by atoms with Crippen LogP contribution in [0.1, 0.15) is 30.4 Å². The van der Waals surface area contributed by atoms with Crippen LogP contribution in [0, 0.1) is 5.92 Å². The number of benzene rings is 1. The second kappa shape index (κ2) is 6.83. The minimum Gasteiger partial charge on any atom is -0.317 e. The molecule has 0 saturated carbocycles. The minimum atomic E-state index is -2.19. The average Bonchev–Trinajstić information content (AvgIpc) is 2.39. The summed E-state index contributed by atoms with van der Waals surface area (Å²) in [5, 5.41) is 3.37. The number of nitrogens with one attached hydrogen (secondary N) is 1. The second-order valence-electron chi connectivity index (χ2n) is 5.14. The predicted molar refractivity (Wildman–Crippen MR) is 70.1 cm³/mol. The van der Waals surface area contributed by atoms with Gasteiger partial charge in [0.1, 0.15) is 0 Å². The van der Waals surface area contributed by atoms with Gasteiger partial charge in [-0.15, -0.1) is 0 Å². The number of aryl methyl sites for hydroxylation is 1. The van der Waals surface area contributed by atoms with Crippen molar-refractivity contribution in [3.05, 3.63) is 35.4 Å². The zero-order valence-corrected chi connectivity index (χ0v) is 10.7. The SMILES string of the molecule is FC(F)CCc1ccc(CC2CCNCC2)cc1. The van der Waals surface area contributed by atoms with E-state index in [2.05, 4.69) is 17.4 Å². The summed E-state index contributed by atoms with van der Waals surface area (Å²) >= 11 is 0. The van der Waals surface area contributed by atoms with E-state index in [1.165, 1.54) is 18.4 Å². The Morgan fingerprint density at radius 3 is 2.28 bits per heavy atom. The first-order valence-electron chi connectivity index (χ1n) is 6.81. The number of halogens is 2. The van der Waals surface area contributed by atoms with Gasteiger partial charge in [0.2, 0.25) is 6.43 Å². The van der Waals surface area contributed by atoms with E-state index in [9.17, 15) is 8.78 Å². The fourth-order valence-electron chi connectivity index (χ4n) is 2.54. The Labute approximate surface area is 108 Å². The van der Waals surface area contributed by atoms with Crippen LogP contribution < -0.4 is 5.32 Å². The molecule has 1 fully saturated rings. The Kier molecular flexibility index (Phi) is 5.12. The largest absolute Gasteiger partial charge is 0.317 e. The molecule has 0 aromatic heterocycles. The Bertz CT molecular complexity index is 342. The van der Waals surface area contributed by atoms with E-state index in [4.69, 9.17) is 0 Å². The van der Waals surface area contributed by atoms with Crippen LogP contribution in [-0.4, -0.2) is 19.5 Å². The third kappa shape index (κ3) is 4.37. The van der Waals surface area contributed by atoms with Gasteiger partial charge in [-0.2, -0.15) is 0 Å². The molecule has 1 aliphatic heterocycles. The molecule has 1 saturated heterocycles. The van der Waals surface area contributed by atoms with Crippen molar-refractivity contribution in [2.75, 3.05) is 13.1 Å². The monoisotopic (exact) mass is 253 g/mol. The van der Waals surface area contributed by atoms with Crippen LogP contribution in [0.3, 0.4) is 0 Å². The fraction of sp³-hybridized carbons (Fsp3) is 0.600. The highest BCUT2D eigenvalue weighted by molar-refractivity contribution is 5.23. The normalized spacial score (nSPS) is 17.3. The Hall–Kier alpha value is -0.960. The standard InChI is InChI=1S/C15H21F2N/c16-15(17)6-5-12-1-3-13(4-2-12)11-14-7-9-18-10-8-14/h1-4,14-15,18H,5-11H2. The summed E-state index contributed by atoms with van der Waals surface area (Å²) < 4.78 is 24.2. The summed E-state index contributed by atoms with van der Waals surface area (Å²) in [5.74, 6) is 0.776. The average molecular weight is 253 g/mol. The van der Waals surface area contributed by atoms with E-state index in [-0.39, 0.29) is 6.42 Å². The van der Waals surface area contributed by atoms with Gasteiger partial charge >= 0.3 is 0 Å². The number of hydrogen-bond donors (Lipinski definition) is 1. The molecule has 1 aromatic rings. The lowest BCUT2D eigenvalue weighted by Gasteiger charge is -2.22. The molecular weight excluding hydrogens is 232 g/mol. The number of hydrogen-bond acceptors (Lipinski definition) is 1. The summed E-state index contributed by atoms with van der Waals surface area (Å²) in [6, 6.07) is 8.20. The van der Waals surface area contributed by atoms with E-state index in [0.717, 1.165) is 31.0 Å². The number of rotatable bonds is 5. The molecule has 100 valence electrons. The molecule has 0 amide bonds. The van der Waals surface area contributed by atoms with Gasteiger partial charge in [0, 0.05) is 6.42 Å². The van der Waals surface area contributed by atoms with Crippen molar-refractivity contribution in [2.24, 2.45) is 5.92 Å². The Balaban J connectivity index is 1.83. The second-order valence-corrected chi connectivity index (χ2v) is 5.14. The Morgan fingerprint density at radius 2 is 1.67 bits per heavy atom. The summed E-state index contributed by atoms with van der Waals surface area (Å²) in [6.07, 6.45) is 1.86. The third-order valence-electron chi connectivity index (χ3n) is 3.66. The zero-order valence-electron chi connectivity index (χ0n) is 10.7. The first-order chi connectivity index (χ1) is 8.74. The predicted octanol–water partition coefficient (Wildman–Crippen LogP) is 3.43. The van der Waals surface area contributed by atoms with Gasteiger partial charge in [0.15, 0.2) is 0 Å². The van der Waals surface area contributed by atoms with Crippen LogP contribution in [-0.2, 0) is 12.8 Å². The van der Waals surface area contributed by atoms with Crippen LogP contribution >= 0.6 is 0 Å². The van der Waals surface area contributed by atoms with Gasteiger partial charge in [0.05, 0.1) is 0 Å². The molecule has 0 atom stereocenters. The van der Waals surface area contributed by atoms with Crippen molar-refractivity contribution in [1.82, 2.24) is 5.32 Å². The zero-order chi connectivity index (χ0) is 12.8. The van der Waals surface area contributed by atoms with Crippen molar-refractivity contribution < 1.29 is 8.78 Å². The first kappa shape index (κ1) is 13.5. The molecule has 1 aromatic carbocycles. The molecule has 3 heteroatoms. The van der Waals surface area contributed by atoms with Crippen molar-refractivity contribution in [3.63, 3.8) is 0 Å². The topological polar surface area (TPSA) is 12.0 Å². The van der Waals surface area contributed by atoms with Gasteiger partial charge in [-0.3, -0.25) is 0 Å². The summed E-state index contributed by atoms with van der Waals surface area (Å²) in [4.78, 5) is 0. The van der Waals surface area contributed by atoms with E-state index in [1.54, 1.807) is 0 Å². The highest BCUT2D eigenvalue weighted by Gasteiger charge is 2.13. The van der Waals surface area contributed by atoms with Gasteiger partial charge in [-0.25, -0.2) is 8.78 Å². The molecule has 0 unspecified atom stereocenters. The minimum absolute atomic E-state index is 0.0341. The maximum atomic E-state index is 12.1. The van der Waals surface area contributed by atoms with E-state index >= 15 is 0 Å². The van der Waals surface area contributed by atoms with Gasteiger partial charge in [-0.05, 0) is 55.8 Å². The molecule has 1 nitrogen and oxygen atoms in total. The van der Waals surface area contributed by atoms with Crippen molar-refractivity contribution in [3.8, 4) is 0 Å². The van der Waals surface area contributed by atoms with E-state index < -0.39 is 6.43 Å². The molecule has 1 heterocycles. The van der Waals surface area contributed by atoms with E-state index in [1.807, 2.05) is 12.1 Å². The van der Waals surface area contributed by atoms with Crippen LogP contribution in [0.2, 0.25) is 0 Å². The van der Waals surface area contributed by atoms with Gasteiger partial charge in [0.25, 0.3) is 0 Å². The smallest absolute Gasteiger partial charge is 0.239 e. The molecule has 0 spiro atoms. The lowest BCUT2D eigenvalue weighted by molar-refractivity contribution is 0.138. The van der Waals surface area contributed by atoms with Crippen molar-refractivity contribution >= 4 is 0 Å². The summed E-state index contributed by atoms with van der Waals surface area (Å²) in [7, 11) is 0. The first-order valence-corrected chi connectivity index (χ1v) is 6.81. The fourth-order valence-corrected chi connectivity index (χ4v) is 2.54. The molecule has 2 rings (SSSR count). The molecular formula is C15H21F2N. The maximum Gasteiger partial charge on any atom is 0.239 e. The maximum absolute atomic E-state index is 12.1. The van der Waals surface area contributed by atoms with Crippen molar-refractivity contribution in [2.45, 2.75) is 38.5 Å². The molecule has 0 radical (unpaired) electrons. The summed E-state index contributed by atoms with van der Waals surface area (Å²) in [5.41, 5.74) is 2.35. The van der Waals surface area contributed by atoms with Crippen molar-refractivity contribution in [1.29, 1.82) is 0 Å². The molecule has 18 heavy (non-hydrogen) atoms. The van der Waals surface area contributed by atoms with Crippen LogP contribution in [0.15, 0.2) is 24.3 Å². The highest BCUT2D eigenvalue weighted by atomic mass is 19.3. The molecule has 0 aliphatic carbocycles. The number of alkyl halides is 2. The molecule has 1 aliphatic rings. The van der Waals surface area contributed by atoms with Crippen LogP contribution in [0.25, 0.3) is 0 Å². The number of piperidine rings is 1. The van der Waals surface area contributed by atoms with Crippen LogP contribution in [0.5, 0.6) is 0 Å².